The highest BCUT2D eigenvalue weighted by atomic mass is 35.5. The predicted octanol–water partition coefficient (Wildman–Crippen LogP) is 4.89. The summed E-state index contributed by atoms with van der Waals surface area (Å²) in [4.78, 5) is 26.4. The minimum atomic E-state index is -0.933. The van der Waals surface area contributed by atoms with Crippen LogP contribution in [0.2, 0.25) is 5.02 Å². The van der Waals surface area contributed by atoms with Gasteiger partial charge in [-0.2, -0.15) is 4.98 Å². The lowest BCUT2D eigenvalue weighted by atomic mass is 10.1. The van der Waals surface area contributed by atoms with Crippen molar-refractivity contribution in [3.05, 3.63) is 35.2 Å². The zero-order valence-electron chi connectivity index (χ0n) is 18.1. The van der Waals surface area contributed by atoms with E-state index >= 15 is 0 Å². The highest BCUT2D eigenvalue weighted by Gasteiger charge is 2.28. The predicted molar refractivity (Wildman–Crippen MR) is 121 cm³/mol. The summed E-state index contributed by atoms with van der Waals surface area (Å²) in [5.74, 6) is 0.279. The second kappa shape index (κ2) is 8.42. The van der Waals surface area contributed by atoms with Gasteiger partial charge in [0.2, 0.25) is 11.9 Å². The average molecular weight is 462 g/mol. The van der Waals surface area contributed by atoms with E-state index in [4.69, 9.17) is 11.6 Å². The second-order valence-electron chi connectivity index (χ2n) is 8.81. The van der Waals surface area contributed by atoms with E-state index in [1.165, 1.54) is 11.0 Å². The molecule has 0 unspecified atom stereocenters. The lowest BCUT2D eigenvalue weighted by Gasteiger charge is -2.31. The molecule has 1 fully saturated rings. The van der Waals surface area contributed by atoms with Gasteiger partial charge in [0.1, 0.15) is 5.52 Å². The summed E-state index contributed by atoms with van der Waals surface area (Å²) in [6.07, 6.45) is 1.85. The molecule has 0 atom stereocenters. The fraction of sp³-hybridized carbons (Fsp3) is 0.429. The standard InChI is InChI=1S/C21H25ClFN7O2/c1-21(2,3)28-18-24-11-15-17(27-18)30(12-7-9-29(10-8-12)20(31)32)19(26-15)25-14-6-4-5-13(22)16(14)23/h4-6,11-12H,7-10H2,1-3H3,(H,25,26)(H,31,32)(H,24,27,28). The average Bonchev–Trinajstić information content (AvgIpc) is 3.07. The SMILES string of the molecule is CC(C)(C)Nc1ncc2nc(Nc3cccc(Cl)c3F)n(C3CCN(C(=O)O)CC3)c2n1. The number of hydrogen-bond donors (Lipinski definition) is 3. The summed E-state index contributed by atoms with van der Waals surface area (Å²) in [6.45, 7) is 6.81. The minimum Gasteiger partial charge on any atom is -0.465 e. The third-order valence-corrected chi connectivity index (χ3v) is 5.51. The van der Waals surface area contributed by atoms with Crippen LogP contribution < -0.4 is 10.6 Å². The molecule has 3 N–H and O–H groups in total. The summed E-state index contributed by atoms with van der Waals surface area (Å²) in [5.41, 5.74) is 1.09. The van der Waals surface area contributed by atoms with Gasteiger partial charge >= 0.3 is 6.09 Å². The van der Waals surface area contributed by atoms with Gasteiger partial charge in [-0.3, -0.25) is 4.57 Å². The van der Waals surface area contributed by atoms with Crippen molar-refractivity contribution in [2.24, 2.45) is 0 Å². The van der Waals surface area contributed by atoms with Gasteiger partial charge in [0.25, 0.3) is 0 Å². The van der Waals surface area contributed by atoms with Crippen molar-refractivity contribution < 1.29 is 14.3 Å². The van der Waals surface area contributed by atoms with E-state index in [9.17, 15) is 14.3 Å². The van der Waals surface area contributed by atoms with E-state index in [2.05, 4.69) is 25.6 Å². The smallest absolute Gasteiger partial charge is 0.407 e. The van der Waals surface area contributed by atoms with Crippen molar-refractivity contribution in [2.75, 3.05) is 23.7 Å². The molecule has 0 saturated carbocycles. The number of imidazole rings is 1. The largest absolute Gasteiger partial charge is 0.465 e. The Bertz CT molecular complexity index is 1150. The van der Waals surface area contributed by atoms with E-state index < -0.39 is 11.9 Å². The van der Waals surface area contributed by atoms with E-state index in [0.717, 1.165) is 0 Å². The number of piperidine rings is 1. The van der Waals surface area contributed by atoms with Gasteiger partial charge in [0.15, 0.2) is 11.5 Å². The topological polar surface area (TPSA) is 108 Å². The number of anilines is 3. The summed E-state index contributed by atoms with van der Waals surface area (Å²) < 4.78 is 16.5. The van der Waals surface area contributed by atoms with Crippen molar-refractivity contribution in [3.8, 4) is 0 Å². The van der Waals surface area contributed by atoms with Gasteiger partial charge in [-0.1, -0.05) is 17.7 Å². The fourth-order valence-electron chi connectivity index (χ4n) is 3.76. The minimum absolute atomic E-state index is 0.00360. The lowest BCUT2D eigenvalue weighted by Crippen LogP contribution is -2.38. The molecule has 3 heterocycles. The number of aromatic nitrogens is 4. The maximum absolute atomic E-state index is 14.6. The number of carboxylic acid groups (broad SMARTS) is 1. The molecule has 0 bridgehead atoms. The van der Waals surface area contributed by atoms with Crippen molar-refractivity contribution in [2.45, 2.75) is 45.2 Å². The van der Waals surface area contributed by atoms with Crippen LogP contribution in [-0.2, 0) is 0 Å². The Balaban J connectivity index is 1.77. The highest BCUT2D eigenvalue weighted by Crippen LogP contribution is 2.33. The molecule has 1 saturated heterocycles. The van der Waals surface area contributed by atoms with Crippen LogP contribution in [0.15, 0.2) is 24.4 Å². The Morgan fingerprint density at radius 2 is 1.97 bits per heavy atom. The van der Waals surface area contributed by atoms with E-state index in [-0.39, 0.29) is 22.3 Å². The summed E-state index contributed by atoms with van der Waals surface area (Å²) in [6, 6.07) is 4.63. The lowest BCUT2D eigenvalue weighted by molar-refractivity contribution is 0.126. The molecule has 0 spiro atoms. The van der Waals surface area contributed by atoms with Crippen LogP contribution in [0.1, 0.15) is 39.7 Å². The number of hydrogen-bond acceptors (Lipinski definition) is 6. The number of likely N-dealkylation sites (tertiary alicyclic amines) is 1. The Hall–Kier alpha value is -3.14. The van der Waals surface area contributed by atoms with Crippen molar-refractivity contribution >= 4 is 46.4 Å². The molecule has 1 aliphatic heterocycles. The molecule has 9 nitrogen and oxygen atoms in total. The maximum Gasteiger partial charge on any atom is 0.407 e. The van der Waals surface area contributed by atoms with Crippen LogP contribution in [0.4, 0.5) is 26.8 Å². The monoisotopic (exact) mass is 461 g/mol. The molecular formula is C21H25ClFN7O2. The summed E-state index contributed by atoms with van der Waals surface area (Å²) in [7, 11) is 0. The molecule has 2 aromatic heterocycles. The highest BCUT2D eigenvalue weighted by molar-refractivity contribution is 6.31. The normalized spacial score (nSPS) is 15.2. The molecule has 1 amide bonds. The molecule has 0 radical (unpaired) electrons. The second-order valence-corrected chi connectivity index (χ2v) is 9.22. The first-order chi connectivity index (χ1) is 15.1. The first-order valence-electron chi connectivity index (χ1n) is 10.3. The summed E-state index contributed by atoms with van der Waals surface area (Å²) in [5, 5.41) is 15.6. The molecule has 11 heteroatoms. The Kier molecular flexibility index (Phi) is 5.81. The fourth-order valence-corrected chi connectivity index (χ4v) is 3.93. The van der Waals surface area contributed by atoms with Gasteiger partial charge in [-0.05, 0) is 45.7 Å². The molecule has 1 aromatic carbocycles. The van der Waals surface area contributed by atoms with Gasteiger partial charge in [-0.25, -0.2) is 19.2 Å². The molecule has 4 rings (SSSR count). The Labute approximate surface area is 189 Å². The Morgan fingerprint density at radius 1 is 1.25 bits per heavy atom. The number of fused-ring (bicyclic) bond motifs is 1. The Morgan fingerprint density at radius 3 is 2.62 bits per heavy atom. The maximum atomic E-state index is 14.6. The third kappa shape index (κ3) is 4.55. The van der Waals surface area contributed by atoms with Gasteiger partial charge in [0.05, 0.1) is 16.9 Å². The zero-order valence-corrected chi connectivity index (χ0v) is 18.8. The van der Waals surface area contributed by atoms with Crippen LogP contribution in [-0.4, -0.2) is 54.2 Å². The molecule has 32 heavy (non-hydrogen) atoms. The molecule has 0 aliphatic carbocycles. The molecular weight excluding hydrogens is 437 g/mol. The molecule has 1 aliphatic rings. The quantitative estimate of drug-likeness (QED) is 0.507. The first kappa shape index (κ1) is 22.1. The number of benzene rings is 1. The number of nitrogens with one attached hydrogen (secondary N) is 2. The van der Waals surface area contributed by atoms with Crippen LogP contribution in [0.3, 0.4) is 0 Å². The van der Waals surface area contributed by atoms with Gasteiger partial charge in [0, 0.05) is 24.7 Å². The van der Waals surface area contributed by atoms with E-state index in [1.54, 1.807) is 18.3 Å². The molecule has 3 aromatic rings. The number of rotatable bonds is 4. The van der Waals surface area contributed by atoms with Crippen molar-refractivity contribution in [1.29, 1.82) is 0 Å². The third-order valence-electron chi connectivity index (χ3n) is 5.22. The molecule has 170 valence electrons. The van der Waals surface area contributed by atoms with Gasteiger partial charge < -0.3 is 20.6 Å². The first-order valence-corrected chi connectivity index (χ1v) is 10.7. The van der Waals surface area contributed by atoms with Crippen molar-refractivity contribution in [3.63, 3.8) is 0 Å². The van der Waals surface area contributed by atoms with Crippen LogP contribution in [0.25, 0.3) is 11.2 Å². The van der Waals surface area contributed by atoms with E-state index in [0.29, 0.717) is 49.0 Å². The van der Waals surface area contributed by atoms with E-state index in [1.807, 2.05) is 25.3 Å². The number of amides is 1. The zero-order chi connectivity index (χ0) is 23.0. The van der Waals surface area contributed by atoms with Gasteiger partial charge in [-0.15, -0.1) is 0 Å². The number of carbonyl (C=O) groups is 1. The van der Waals surface area contributed by atoms with Crippen molar-refractivity contribution in [1.82, 2.24) is 24.4 Å². The summed E-state index contributed by atoms with van der Waals surface area (Å²) >= 11 is 5.94. The van der Waals surface area contributed by atoms with Crippen LogP contribution in [0, 0.1) is 5.82 Å². The van der Waals surface area contributed by atoms with Crippen LogP contribution in [0.5, 0.6) is 0 Å². The number of halogens is 2. The number of nitrogens with zero attached hydrogens (tertiary/aromatic N) is 5. The van der Waals surface area contributed by atoms with Crippen LogP contribution >= 0.6 is 11.6 Å².